The molecule has 0 aliphatic heterocycles. The maximum atomic E-state index is 12.9. The molecule has 116 valence electrons. The maximum Gasteiger partial charge on any atom is 0.123 e. The van der Waals surface area contributed by atoms with E-state index in [9.17, 15) is 4.39 Å². The quantitative estimate of drug-likeness (QED) is 0.863. The molecule has 0 amide bonds. The maximum absolute atomic E-state index is 12.9. The standard InChI is InChI=1S/C18H26FNO/c1-3-21-17-12-16(18(17)9-4-10-18)20-13(2)11-14-5-7-15(19)8-6-14/h5-8,13,16-17,20H,3-4,9-12H2,1-2H3. The molecule has 2 nitrogen and oxygen atoms in total. The van der Waals surface area contributed by atoms with Crippen LogP contribution < -0.4 is 5.32 Å². The average Bonchev–Trinajstić information content (AvgIpc) is 2.38. The van der Waals surface area contributed by atoms with Crippen molar-refractivity contribution in [2.24, 2.45) is 5.41 Å². The Kier molecular flexibility index (Phi) is 4.32. The fourth-order valence-electron chi connectivity index (χ4n) is 4.05. The highest BCUT2D eigenvalue weighted by atomic mass is 19.1. The molecular formula is C18H26FNO. The van der Waals surface area contributed by atoms with Gasteiger partial charge in [-0.05, 0) is 57.2 Å². The first-order chi connectivity index (χ1) is 10.1. The van der Waals surface area contributed by atoms with Crippen molar-refractivity contribution in [3.63, 3.8) is 0 Å². The highest BCUT2D eigenvalue weighted by Crippen LogP contribution is 2.57. The third-order valence-electron chi connectivity index (χ3n) is 5.38. The van der Waals surface area contributed by atoms with E-state index in [1.165, 1.54) is 24.8 Å². The monoisotopic (exact) mass is 291 g/mol. The fourth-order valence-corrected chi connectivity index (χ4v) is 4.05. The second kappa shape index (κ2) is 6.05. The zero-order valence-electron chi connectivity index (χ0n) is 13.1. The summed E-state index contributed by atoms with van der Waals surface area (Å²) < 4.78 is 18.8. The van der Waals surface area contributed by atoms with Crippen LogP contribution >= 0.6 is 0 Å². The lowest BCUT2D eigenvalue weighted by Gasteiger charge is -2.61. The number of hydrogen-bond acceptors (Lipinski definition) is 2. The van der Waals surface area contributed by atoms with E-state index in [-0.39, 0.29) is 5.82 Å². The third kappa shape index (κ3) is 2.86. The summed E-state index contributed by atoms with van der Waals surface area (Å²) in [6.45, 7) is 5.14. The minimum atomic E-state index is -0.161. The van der Waals surface area contributed by atoms with Crippen LogP contribution in [0.25, 0.3) is 0 Å². The highest BCUT2D eigenvalue weighted by Gasteiger charge is 2.58. The molecule has 3 heteroatoms. The topological polar surface area (TPSA) is 21.3 Å². The molecule has 0 radical (unpaired) electrons. The van der Waals surface area contributed by atoms with Gasteiger partial charge in [-0.25, -0.2) is 4.39 Å². The molecule has 2 aliphatic rings. The minimum absolute atomic E-state index is 0.161. The molecule has 1 spiro atoms. The second-order valence-corrected chi connectivity index (χ2v) is 6.72. The van der Waals surface area contributed by atoms with Gasteiger partial charge >= 0.3 is 0 Å². The zero-order chi connectivity index (χ0) is 14.9. The fraction of sp³-hybridized carbons (Fsp3) is 0.667. The molecule has 3 unspecified atom stereocenters. The number of halogens is 1. The molecule has 3 rings (SSSR count). The zero-order valence-corrected chi connectivity index (χ0v) is 13.1. The second-order valence-electron chi connectivity index (χ2n) is 6.72. The van der Waals surface area contributed by atoms with Gasteiger partial charge in [0.2, 0.25) is 0 Å². The van der Waals surface area contributed by atoms with Gasteiger partial charge in [-0.1, -0.05) is 18.6 Å². The summed E-state index contributed by atoms with van der Waals surface area (Å²) >= 11 is 0. The molecule has 0 aromatic heterocycles. The van der Waals surface area contributed by atoms with E-state index >= 15 is 0 Å². The van der Waals surface area contributed by atoms with E-state index in [0.29, 0.717) is 23.6 Å². The molecule has 2 saturated carbocycles. The van der Waals surface area contributed by atoms with Crippen LogP contribution in [-0.2, 0) is 11.2 Å². The molecular weight excluding hydrogens is 265 g/mol. The predicted octanol–water partition coefficient (Wildman–Crippen LogP) is 3.69. The molecule has 0 heterocycles. The average molecular weight is 291 g/mol. The van der Waals surface area contributed by atoms with Crippen molar-refractivity contribution < 1.29 is 9.13 Å². The van der Waals surface area contributed by atoms with Crippen molar-refractivity contribution >= 4 is 0 Å². The summed E-state index contributed by atoms with van der Waals surface area (Å²) in [4.78, 5) is 0. The van der Waals surface area contributed by atoms with E-state index in [4.69, 9.17) is 4.74 Å². The largest absolute Gasteiger partial charge is 0.378 e. The van der Waals surface area contributed by atoms with Crippen LogP contribution in [0.4, 0.5) is 4.39 Å². The smallest absolute Gasteiger partial charge is 0.123 e. The summed E-state index contributed by atoms with van der Waals surface area (Å²) in [7, 11) is 0. The van der Waals surface area contributed by atoms with Gasteiger partial charge in [0.05, 0.1) is 6.10 Å². The van der Waals surface area contributed by atoms with Crippen LogP contribution in [0.2, 0.25) is 0 Å². The van der Waals surface area contributed by atoms with Gasteiger partial charge in [0.15, 0.2) is 0 Å². The molecule has 0 saturated heterocycles. The Morgan fingerprint density at radius 3 is 2.62 bits per heavy atom. The van der Waals surface area contributed by atoms with Gasteiger partial charge in [-0.15, -0.1) is 0 Å². The lowest BCUT2D eigenvalue weighted by molar-refractivity contribution is -0.174. The summed E-state index contributed by atoms with van der Waals surface area (Å²) in [6.07, 6.45) is 6.51. The number of benzene rings is 1. The molecule has 2 aliphatic carbocycles. The van der Waals surface area contributed by atoms with Crippen molar-refractivity contribution in [2.75, 3.05) is 6.61 Å². The number of ether oxygens (including phenoxy) is 1. The molecule has 1 aromatic rings. The Balaban J connectivity index is 1.53. The Morgan fingerprint density at radius 1 is 1.33 bits per heavy atom. The first kappa shape index (κ1) is 15.0. The molecule has 3 atom stereocenters. The van der Waals surface area contributed by atoms with Gasteiger partial charge in [0.25, 0.3) is 0 Å². The molecule has 2 fully saturated rings. The van der Waals surface area contributed by atoms with Crippen LogP contribution in [0, 0.1) is 11.2 Å². The van der Waals surface area contributed by atoms with Crippen LogP contribution in [0.1, 0.15) is 45.1 Å². The first-order valence-electron chi connectivity index (χ1n) is 8.26. The van der Waals surface area contributed by atoms with E-state index in [2.05, 4.69) is 19.2 Å². The van der Waals surface area contributed by atoms with Crippen LogP contribution in [0.15, 0.2) is 24.3 Å². The molecule has 1 N–H and O–H groups in total. The van der Waals surface area contributed by atoms with Crippen molar-refractivity contribution in [3.05, 3.63) is 35.6 Å². The summed E-state index contributed by atoms with van der Waals surface area (Å²) in [5.74, 6) is -0.161. The Bertz CT molecular complexity index is 469. The number of rotatable bonds is 6. The lowest BCUT2D eigenvalue weighted by Crippen LogP contribution is -2.68. The Labute approximate surface area is 127 Å². The first-order valence-corrected chi connectivity index (χ1v) is 8.26. The van der Waals surface area contributed by atoms with Crippen molar-refractivity contribution in [1.82, 2.24) is 5.32 Å². The third-order valence-corrected chi connectivity index (χ3v) is 5.38. The van der Waals surface area contributed by atoms with E-state index in [1.54, 1.807) is 12.1 Å². The highest BCUT2D eigenvalue weighted by molar-refractivity contribution is 5.18. The van der Waals surface area contributed by atoms with Gasteiger partial charge in [0, 0.05) is 24.1 Å². The Hall–Kier alpha value is -0.930. The lowest BCUT2D eigenvalue weighted by atomic mass is 9.51. The van der Waals surface area contributed by atoms with E-state index in [1.807, 2.05) is 12.1 Å². The molecule has 0 bridgehead atoms. The SMILES string of the molecule is CCOC1CC(NC(C)Cc2ccc(F)cc2)C12CCC2. The van der Waals surface area contributed by atoms with Gasteiger partial charge < -0.3 is 10.1 Å². The van der Waals surface area contributed by atoms with Crippen molar-refractivity contribution in [2.45, 2.75) is 64.1 Å². The van der Waals surface area contributed by atoms with Crippen LogP contribution in [0.3, 0.4) is 0 Å². The van der Waals surface area contributed by atoms with Crippen LogP contribution in [-0.4, -0.2) is 24.8 Å². The van der Waals surface area contributed by atoms with Gasteiger partial charge in [-0.3, -0.25) is 0 Å². The number of nitrogens with one attached hydrogen (secondary N) is 1. The molecule has 21 heavy (non-hydrogen) atoms. The van der Waals surface area contributed by atoms with E-state index < -0.39 is 0 Å². The van der Waals surface area contributed by atoms with Gasteiger partial charge in [0.1, 0.15) is 5.82 Å². The summed E-state index contributed by atoms with van der Waals surface area (Å²) in [5, 5.41) is 3.79. The predicted molar refractivity (Wildman–Crippen MR) is 82.8 cm³/mol. The number of hydrogen-bond donors (Lipinski definition) is 1. The summed E-state index contributed by atoms with van der Waals surface area (Å²) in [5.41, 5.74) is 1.60. The van der Waals surface area contributed by atoms with E-state index in [0.717, 1.165) is 19.4 Å². The van der Waals surface area contributed by atoms with Crippen molar-refractivity contribution in [3.8, 4) is 0 Å². The van der Waals surface area contributed by atoms with Crippen LogP contribution in [0.5, 0.6) is 0 Å². The van der Waals surface area contributed by atoms with Crippen molar-refractivity contribution in [1.29, 1.82) is 0 Å². The minimum Gasteiger partial charge on any atom is -0.378 e. The normalized spacial score (nSPS) is 28.0. The summed E-state index contributed by atoms with van der Waals surface area (Å²) in [6, 6.07) is 7.87. The molecule has 1 aromatic carbocycles. The Morgan fingerprint density at radius 2 is 2.05 bits per heavy atom. The van der Waals surface area contributed by atoms with Gasteiger partial charge in [-0.2, -0.15) is 0 Å².